The predicted octanol–water partition coefficient (Wildman–Crippen LogP) is 2.82. The molecule has 0 bridgehead atoms. The summed E-state index contributed by atoms with van der Waals surface area (Å²) in [7, 11) is 3.62. The van der Waals surface area contributed by atoms with Gasteiger partial charge in [0.15, 0.2) is 0 Å². The highest BCUT2D eigenvalue weighted by Crippen LogP contribution is 2.24. The van der Waals surface area contributed by atoms with E-state index < -0.39 is 11.6 Å². The summed E-state index contributed by atoms with van der Waals surface area (Å²) in [5, 5.41) is 7.41. The minimum Gasteiger partial charge on any atom is -0.313 e. The molecule has 2 aromatic rings. The van der Waals surface area contributed by atoms with E-state index >= 15 is 0 Å². The van der Waals surface area contributed by atoms with Crippen LogP contribution in [0.5, 0.6) is 0 Å². The molecule has 0 fully saturated rings. The third-order valence-corrected chi connectivity index (χ3v) is 3.75. The van der Waals surface area contributed by atoms with Crippen molar-refractivity contribution < 1.29 is 8.78 Å². The molecule has 0 aliphatic rings. The lowest BCUT2D eigenvalue weighted by atomic mass is 9.97. The van der Waals surface area contributed by atoms with Crippen molar-refractivity contribution in [1.29, 1.82) is 0 Å². The fourth-order valence-corrected chi connectivity index (χ4v) is 2.47. The summed E-state index contributed by atoms with van der Waals surface area (Å²) in [4.78, 5) is 0. The average molecular weight is 279 g/mol. The SMILES string of the molecule is CNC(Cc1c(C)nn(C)c1C)c1cc(F)ccc1F. The van der Waals surface area contributed by atoms with Crippen LogP contribution in [0, 0.1) is 25.5 Å². The minimum absolute atomic E-state index is 0.285. The van der Waals surface area contributed by atoms with E-state index in [-0.39, 0.29) is 6.04 Å². The molecule has 1 N–H and O–H groups in total. The van der Waals surface area contributed by atoms with E-state index in [0.717, 1.165) is 29.1 Å². The number of halogens is 2. The Balaban J connectivity index is 2.36. The fraction of sp³-hybridized carbons (Fsp3) is 0.400. The van der Waals surface area contributed by atoms with E-state index in [0.29, 0.717) is 12.0 Å². The third-order valence-electron chi connectivity index (χ3n) is 3.75. The lowest BCUT2D eigenvalue weighted by Gasteiger charge is -2.18. The number of hydrogen-bond donors (Lipinski definition) is 1. The Kier molecular flexibility index (Phi) is 4.18. The van der Waals surface area contributed by atoms with Crippen molar-refractivity contribution in [3.8, 4) is 0 Å². The molecule has 0 saturated heterocycles. The summed E-state index contributed by atoms with van der Waals surface area (Å²) < 4.78 is 29.0. The van der Waals surface area contributed by atoms with Crippen LogP contribution in [0.2, 0.25) is 0 Å². The summed E-state index contributed by atoms with van der Waals surface area (Å²) in [5.74, 6) is -0.828. The van der Waals surface area contributed by atoms with E-state index in [1.54, 1.807) is 11.7 Å². The standard InChI is InChI=1S/C15H19F2N3/c1-9-12(10(2)20(4)19-9)8-15(18-3)13-7-11(16)5-6-14(13)17/h5-7,15,18H,8H2,1-4H3. The summed E-state index contributed by atoms with van der Waals surface area (Å²) in [5.41, 5.74) is 3.37. The number of rotatable bonds is 4. The van der Waals surface area contributed by atoms with Crippen LogP contribution < -0.4 is 5.32 Å². The van der Waals surface area contributed by atoms with Gasteiger partial charge in [0.25, 0.3) is 0 Å². The first-order valence-corrected chi connectivity index (χ1v) is 6.55. The zero-order chi connectivity index (χ0) is 14.9. The highest BCUT2D eigenvalue weighted by atomic mass is 19.1. The van der Waals surface area contributed by atoms with Crippen LogP contribution in [0.4, 0.5) is 8.78 Å². The van der Waals surface area contributed by atoms with Crippen LogP contribution in [-0.2, 0) is 13.5 Å². The number of benzene rings is 1. The summed E-state index contributed by atoms with van der Waals surface area (Å²) in [6.07, 6.45) is 0.572. The lowest BCUT2D eigenvalue weighted by Crippen LogP contribution is -2.21. The molecular formula is C15H19F2N3. The zero-order valence-corrected chi connectivity index (χ0v) is 12.2. The largest absolute Gasteiger partial charge is 0.313 e. The first-order chi connectivity index (χ1) is 9.43. The van der Waals surface area contributed by atoms with Crippen LogP contribution >= 0.6 is 0 Å². The smallest absolute Gasteiger partial charge is 0.128 e. The molecule has 0 saturated carbocycles. The number of aromatic nitrogens is 2. The Morgan fingerprint density at radius 3 is 2.55 bits per heavy atom. The Morgan fingerprint density at radius 2 is 2.00 bits per heavy atom. The molecule has 1 aromatic heterocycles. The highest BCUT2D eigenvalue weighted by Gasteiger charge is 2.19. The van der Waals surface area contributed by atoms with Crippen LogP contribution in [0.25, 0.3) is 0 Å². The lowest BCUT2D eigenvalue weighted by molar-refractivity contribution is 0.521. The van der Waals surface area contributed by atoms with Gasteiger partial charge in [0.1, 0.15) is 11.6 Å². The van der Waals surface area contributed by atoms with Gasteiger partial charge in [0.2, 0.25) is 0 Å². The monoisotopic (exact) mass is 279 g/mol. The van der Waals surface area contributed by atoms with Gasteiger partial charge < -0.3 is 5.32 Å². The summed E-state index contributed by atoms with van der Waals surface area (Å²) in [6.45, 7) is 3.90. The van der Waals surface area contributed by atoms with Crippen LogP contribution in [-0.4, -0.2) is 16.8 Å². The molecule has 5 heteroatoms. The third kappa shape index (κ3) is 2.72. The first-order valence-electron chi connectivity index (χ1n) is 6.55. The minimum atomic E-state index is -0.429. The van der Waals surface area contributed by atoms with Gasteiger partial charge in [-0.15, -0.1) is 0 Å². The van der Waals surface area contributed by atoms with Gasteiger partial charge in [-0.3, -0.25) is 4.68 Å². The predicted molar refractivity (Wildman–Crippen MR) is 74.5 cm³/mol. The molecule has 0 radical (unpaired) electrons. The van der Waals surface area contributed by atoms with Crippen molar-refractivity contribution in [2.75, 3.05) is 7.05 Å². The van der Waals surface area contributed by atoms with Gasteiger partial charge in [0, 0.05) is 24.3 Å². The maximum absolute atomic E-state index is 13.9. The highest BCUT2D eigenvalue weighted by molar-refractivity contribution is 5.29. The second-order valence-electron chi connectivity index (χ2n) is 4.98. The maximum Gasteiger partial charge on any atom is 0.128 e. The Hall–Kier alpha value is -1.75. The van der Waals surface area contributed by atoms with E-state index in [9.17, 15) is 8.78 Å². The molecule has 0 aliphatic carbocycles. The van der Waals surface area contributed by atoms with Crippen molar-refractivity contribution in [3.05, 3.63) is 52.3 Å². The second-order valence-corrected chi connectivity index (χ2v) is 4.98. The number of nitrogens with one attached hydrogen (secondary N) is 1. The van der Waals surface area contributed by atoms with Crippen molar-refractivity contribution in [2.45, 2.75) is 26.3 Å². The van der Waals surface area contributed by atoms with Crippen molar-refractivity contribution in [3.63, 3.8) is 0 Å². The normalized spacial score (nSPS) is 12.7. The zero-order valence-electron chi connectivity index (χ0n) is 12.2. The molecule has 1 aromatic carbocycles. The molecule has 1 atom stereocenters. The average Bonchev–Trinajstić information content (AvgIpc) is 2.65. The van der Waals surface area contributed by atoms with Gasteiger partial charge in [-0.2, -0.15) is 5.10 Å². The van der Waals surface area contributed by atoms with Crippen molar-refractivity contribution >= 4 is 0 Å². The van der Waals surface area contributed by atoms with Crippen LogP contribution in [0.1, 0.15) is 28.6 Å². The molecule has 1 heterocycles. The molecule has 20 heavy (non-hydrogen) atoms. The van der Waals surface area contributed by atoms with Gasteiger partial charge in [-0.25, -0.2) is 8.78 Å². The molecule has 0 aliphatic heterocycles. The molecule has 3 nitrogen and oxygen atoms in total. The van der Waals surface area contributed by atoms with Gasteiger partial charge in [-0.1, -0.05) is 0 Å². The number of nitrogens with zero attached hydrogens (tertiary/aromatic N) is 2. The molecule has 1 unspecified atom stereocenters. The molecular weight excluding hydrogens is 260 g/mol. The Morgan fingerprint density at radius 1 is 1.30 bits per heavy atom. The van der Waals surface area contributed by atoms with Gasteiger partial charge >= 0.3 is 0 Å². The fourth-order valence-electron chi connectivity index (χ4n) is 2.47. The topological polar surface area (TPSA) is 29.9 Å². The van der Waals surface area contributed by atoms with E-state index in [4.69, 9.17) is 0 Å². The van der Waals surface area contributed by atoms with E-state index in [1.807, 2.05) is 20.9 Å². The van der Waals surface area contributed by atoms with Crippen molar-refractivity contribution in [2.24, 2.45) is 7.05 Å². The second kappa shape index (κ2) is 5.71. The Labute approximate surface area is 117 Å². The van der Waals surface area contributed by atoms with E-state index in [1.165, 1.54) is 6.07 Å². The van der Waals surface area contributed by atoms with Crippen LogP contribution in [0.3, 0.4) is 0 Å². The number of likely N-dealkylation sites (N-methyl/N-ethyl adjacent to an activating group) is 1. The molecule has 0 spiro atoms. The molecule has 0 amide bonds. The van der Waals surface area contributed by atoms with E-state index in [2.05, 4.69) is 10.4 Å². The maximum atomic E-state index is 13.9. The van der Waals surface area contributed by atoms with Crippen molar-refractivity contribution in [1.82, 2.24) is 15.1 Å². The number of aryl methyl sites for hydroxylation is 2. The first kappa shape index (κ1) is 14.7. The van der Waals surface area contributed by atoms with Gasteiger partial charge in [-0.05, 0) is 51.1 Å². The Bertz CT molecular complexity index is 620. The number of hydrogen-bond acceptors (Lipinski definition) is 2. The molecule has 2 rings (SSSR count). The summed E-state index contributed by atoms with van der Waals surface area (Å²) in [6, 6.07) is 3.26. The van der Waals surface area contributed by atoms with Crippen LogP contribution in [0.15, 0.2) is 18.2 Å². The molecule has 108 valence electrons. The van der Waals surface area contributed by atoms with Gasteiger partial charge in [0.05, 0.1) is 5.69 Å². The summed E-state index contributed by atoms with van der Waals surface area (Å²) >= 11 is 0. The quantitative estimate of drug-likeness (QED) is 0.932.